The molecule has 1 aliphatic heterocycles. The molecule has 4 aromatic heterocycles. The van der Waals surface area contributed by atoms with Crippen LogP contribution in [0.25, 0.3) is 44.8 Å². The van der Waals surface area contributed by atoms with E-state index in [9.17, 15) is 18.0 Å². The summed E-state index contributed by atoms with van der Waals surface area (Å²) in [5.74, 6) is 1.89. The van der Waals surface area contributed by atoms with Crippen LogP contribution < -0.4 is 25.3 Å². The number of benzene rings is 2. The third-order valence-electron chi connectivity index (χ3n) is 9.48. The predicted molar refractivity (Wildman–Crippen MR) is 224 cm³/mol. The molecule has 0 unspecified atom stereocenters. The van der Waals surface area contributed by atoms with E-state index in [1.807, 2.05) is 57.2 Å². The summed E-state index contributed by atoms with van der Waals surface area (Å²) in [6.45, 7) is 12.6. The molecule has 0 atom stereocenters. The van der Waals surface area contributed by atoms with Crippen molar-refractivity contribution in [2.75, 3.05) is 52.6 Å². The van der Waals surface area contributed by atoms with Crippen LogP contribution in [-0.2, 0) is 27.6 Å². The predicted octanol–water partition coefficient (Wildman–Crippen LogP) is 5.28. The van der Waals surface area contributed by atoms with Gasteiger partial charge in [0.1, 0.15) is 34.2 Å². The van der Waals surface area contributed by atoms with Gasteiger partial charge >= 0.3 is 0 Å². The number of sulfonamides is 1. The van der Waals surface area contributed by atoms with Gasteiger partial charge in [-0.15, -0.1) is 0 Å². The van der Waals surface area contributed by atoms with Crippen LogP contribution in [-0.4, -0.2) is 95.8 Å². The summed E-state index contributed by atoms with van der Waals surface area (Å²) in [7, 11) is -3.79. The van der Waals surface area contributed by atoms with Crippen molar-refractivity contribution in [2.45, 2.75) is 58.3 Å². The minimum absolute atomic E-state index is 0.0700. The van der Waals surface area contributed by atoms with Gasteiger partial charge in [0, 0.05) is 38.6 Å². The maximum absolute atomic E-state index is 13.0. The number of aromatic nitrogens is 6. The fourth-order valence-corrected chi connectivity index (χ4v) is 7.76. The summed E-state index contributed by atoms with van der Waals surface area (Å²) in [5.41, 5.74) is 4.33. The van der Waals surface area contributed by atoms with Gasteiger partial charge in [-0.05, 0) is 80.3 Å². The lowest BCUT2D eigenvalue weighted by molar-refractivity contribution is 0.0390. The zero-order valence-electron chi connectivity index (χ0n) is 33.3. The number of aryl methyl sites for hydroxylation is 2. The van der Waals surface area contributed by atoms with Crippen LogP contribution in [0.2, 0.25) is 0 Å². The normalized spacial score (nSPS) is 13.3. The lowest BCUT2D eigenvalue weighted by Gasteiger charge is -2.26. The molecule has 0 radical (unpaired) electrons. The van der Waals surface area contributed by atoms with Crippen LogP contribution >= 0.6 is 0 Å². The average molecular weight is 811 g/mol. The topological polar surface area (TPSA) is 194 Å². The largest absolute Gasteiger partial charge is 0.493 e. The van der Waals surface area contributed by atoms with Crippen LogP contribution in [0.4, 0.5) is 0 Å². The highest BCUT2D eigenvalue weighted by atomic mass is 32.2. The van der Waals surface area contributed by atoms with Gasteiger partial charge in [-0.3, -0.25) is 14.5 Å². The van der Waals surface area contributed by atoms with E-state index in [-0.39, 0.29) is 33.9 Å². The molecule has 2 aromatic carbocycles. The van der Waals surface area contributed by atoms with E-state index in [4.69, 9.17) is 14.2 Å². The summed E-state index contributed by atoms with van der Waals surface area (Å²) >= 11 is 0. The molecule has 15 nitrogen and oxygen atoms in total. The summed E-state index contributed by atoms with van der Waals surface area (Å²) in [6, 6.07) is 15.9. The average Bonchev–Trinajstić information content (AvgIpc) is 3.23. The first-order valence-electron chi connectivity index (χ1n) is 19.7. The van der Waals surface area contributed by atoms with Gasteiger partial charge in [-0.2, -0.15) is 0 Å². The van der Waals surface area contributed by atoms with Crippen LogP contribution in [0.5, 0.6) is 11.5 Å². The number of nitrogens with one attached hydrogen (secondary N) is 3. The molecule has 3 N–H and O–H groups in total. The Hall–Kier alpha value is -5.55. The van der Waals surface area contributed by atoms with Crippen molar-refractivity contribution in [1.82, 2.24) is 39.5 Å². The molecule has 0 saturated carbocycles. The van der Waals surface area contributed by atoms with Crippen LogP contribution in [0, 0.1) is 0 Å². The Bertz CT molecular complexity index is 2570. The van der Waals surface area contributed by atoms with E-state index < -0.39 is 10.0 Å². The highest BCUT2D eigenvalue weighted by Gasteiger charge is 2.21. The number of hydrogen-bond acceptors (Lipinski definition) is 12. The monoisotopic (exact) mass is 810 g/mol. The molecule has 58 heavy (non-hydrogen) atoms. The molecule has 0 bridgehead atoms. The molecule has 1 fully saturated rings. The second kappa shape index (κ2) is 19.7. The highest BCUT2D eigenvalue weighted by Crippen LogP contribution is 2.31. The third-order valence-corrected chi connectivity index (χ3v) is 10.9. The molecule has 6 aromatic rings. The van der Waals surface area contributed by atoms with Crippen LogP contribution in [0.1, 0.15) is 51.7 Å². The second-order valence-electron chi connectivity index (χ2n) is 13.5. The molecule has 1 aliphatic rings. The Morgan fingerprint density at radius 1 is 0.724 bits per heavy atom. The molecule has 5 heterocycles. The van der Waals surface area contributed by atoms with E-state index in [2.05, 4.69) is 46.4 Å². The number of rotatable bonds is 15. The molecule has 0 amide bonds. The van der Waals surface area contributed by atoms with Crippen molar-refractivity contribution >= 4 is 32.1 Å². The molecule has 16 heteroatoms. The van der Waals surface area contributed by atoms with Crippen molar-refractivity contribution in [3.63, 3.8) is 0 Å². The SMILES string of the molecule is CCCc1ccnc2c(=O)[nH]c(-c3cc(S(=O)(=O)NCCN4CCOCC4)ccc3OCC)nc12.CCCc1ccnc2c(=O)[nH]c(-c3ccccc3OCC)nc12. The van der Waals surface area contributed by atoms with Gasteiger partial charge in [0.05, 0.1) is 42.4 Å². The molecule has 0 spiro atoms. The first-order chi connectivity index (χ1) is 28.2. The first kappa shape index (κ1) is 42.1. The second-order valence-corrected chi connectivity index (χ2v) is 15.3. The van der Waals surface area contributed by atoms with Crippen molar-refractivity contribution in [3.8, 4) is 34.3 Å². The molecule has 306 valence electrons. The summed E-state index contributed by atoms with van der Waals surface area (Å²) in [5, 5.41) is 0. The fourth-order valence-electron chi connectivity index (χ4n) is 6.71. The van der Waals surface area contributed by atoms with Crippen molar-refractivity contribution < 1.29 is 22.6 Å². The number of hydrogen-bond donors (Lipinski definition) is 3. The van der Waals surface area contributed by atoms with E-state index in [1.165, 1.54) is 12.1 Å². The van der Waals surface area contributed by atoms with Gasteiger partial charge in [-0.1, -0.05) is 38.8 Å². The smallest absolute Gasteiger partial charge is 0.277 e. The quantitative estimate of drug-likeness (QED) is 0.122. The number of fused-ring (bicyclic) bond motifs is 2. The maximum Gasteiger partial charge on any atom is 0.277 e. The number of H-pyrrole nitrogens is 2. The van der Waals surface area contributed by atoms with Crippen LogP contribution in [0.15, 0.2) is 81.5 Å². The summed E-state index contributed by atoms with van der Waals surface area (Å²) < 4.78 is 45.5. The fraction of sp³-hybridized carbons (Fsp3) is 0.381. The van der Waals surface area contributed by atoms with Gasteiger partial charge in [-0.25, -0.2) is 33.1 Å². The first-order valence-corrected chi connectivity index (χ1v) is 21.2. The summed E-state index contributed by atoms with van der Waals surface area (Å²) in [4.78, 5) is 50.8. The number of nitrogens with zero attached hydrogens (tertiary/aromatic N) is 5. The molecule has 0 aliphatic carbocycles. The minimum atomic E-state index is -3.79. The third kappa shape index (κ3) is 9.93. The van der Waals surface area contributed by atoms with E-state index in [0.29, 0.717) is 72.4 Å². The molecular weight excluding hydrogens is 761 g/mol. The Morgan fingerprint density at radius 2 is 1.28 bits per heavy atom. The highest BCUT2D eigenvalue weighted by molar-refractivity contribution is 7.89. The van der Waals surface area contributed by atoms with E-state index in [0.717, 1.165) is 55.5 Å². The van der Waals surface area contributed by atoms with Gasteiger partial charge in [0.2, 0.25) is 10.0 Å². The van der Waals surface area contributed by atoms with Crippen molar-refractivity contribution in [2.24, 2.45) is 0 Å². The van der Waals surface area contributed by atoms with E-state index >= 15 is 0 Å². The molecule has 1 saturated heterocycles. The Balaban J connectivity index is 0.000000213. The number of para-hydroxylation sites is 1. The Morgan fingerprint density at radius 3 is 1.84 bits per heavy atom. The summed E-state index contributed by atoms with van der Waals surface area (Å²) in [6.07, 6.45) is 6.75. The zero-order valence-corrected chi connectivity index (χ0v) is 34.2. The van der Waals surface area contributed by atoms with Crippen molar-refractivity contribution in [3.05, 3.63) is 98.8 Å². The maximum atomic E-state index is 13.0. The van der Waals surface area contributed by atoms with Gasteiger partial charge in [0.25, 0.3) is 11.1 Å². The van der Waals surface area contributed by atoms with Gasteiger partial charge < -0.3 is 24.2 Å². The lowest BCUT2D eigenvalue weighted by atomic mass is 10.1. The van der Waals surface area contributed by atoms with Gasteiger partial charge in [0.15, 0.2) is 11.0 Å². The van der Waals surface area contributed by atoms with E-state index in [1.54, 1.807) is 18.5 Å². The Kier molecular flexibility index (Phi) is 14.3. The van der Waals surface area contributed by atoms with Crippen LogP contribution in [0.3, 0.4) is 0 Å². The number of aromatic amines is 2. The molecule has 7 rings (SSSR count). The minimum Gasteiger partial charge on any atom is -0.493 e. The Labute approximate surface area is 337 Å². The standard InChI is InChI=1S/C24H31N5O5S.C18H19N3O2/c1-3-5-17-8-9-25-22-21(17)27-23(28-24(22)30)19-16-18(6-7-20(19)34-4-2)35(31,32)26-10-11-29-12-14-33-15-13-29;1-3-7-12-10-11-19-16-15(12)20-17(21-18(16)22)13-8-5-6-9-14(13)23-4-2/h6-9,16,26H,3-5,10-15H2,1-2H3,(H,27,28,30);5-6,8-11H,3-4,7H2,1-2H3,(H,20,21,22). The number of pyridine rings is 2. The molecular formula is C42H50N8O7S. The number of morpholine rings is 1. The number of ether oxygens (including phenoxy) is 3. The lowest BCUT2D eigenvalue weighted by Crippen LogP contribution is -2.41. The van der Waals surface area contributed by atoms with Crippen molar-refractivity contribution in [1.29, 1.82) is 0 Å². The zero-order chi connectivity index (χ0) is 41.1.